The summed E-state index contributed by atoms with van der Waals surface area (Å²) in [5.41, 5.74) is 6.45. The number of rotatable bonds is 3. The monoisotopic (exact) mass is 296 g/mol. The summed E-state index contributed by atoms with van der Waals surface area (Å²) in [5.74, 6) is -0.201. The minimum Gasteiger partial charge on any atom is -0.348 e. The van der Waals surface area contributed by atoms with Gasteiger partial charge < -0.3 is 11.1 Å². The zero-order valence-electron chi connectivity index (χ0n) is 11.5. The molecule has 1 aliphatic carbocycles. The van der Waals surface area contributed by atoms with E-state index in [1.54, 1.807) is 0 Å². The van der Waals surface area contributed by atoms with Crippen LogP contribution in [-0.2, 0) is 9.84 Å². The molecule has 1 aromatic carbocycles. The van der Waals surface area contributed by atoms with Gasteiger partial charge in [-0.05, 0) is 37.1 Å². The fraction of sp³-hybridized carbons (Fsp3) is 0.500. The number of carbonyl (C=O) groups is 1. The van der Waals surface area contributed by atoms with Crippen LogP contribution in [0.1, 0.15) is 36.0 Å². The molecular weight excluding hydrogens is 276 g/mol. The molecule has 2 rings (SSSR count). The van der Waals surface area contributed by atoms with Crippen molar-refractivity contribution >= 4 is 15.7 Å². The van der Waals surface area contributed by atoms with Gasteiger partial charge in [-0.15, -0.1) is 0 Å². The number of hydrogen-bond donors (Lipinski definition) is 2. The van der Waals surface area contributed by atoms with Crippen LogP contribution in [0.4, 0.5) is 0 Å². The zero-order chi connectivity index (χ0) is 14.8. The number of amides is 1. The third kappa shape index (κ3) is 3.58. The first-order valence-corrected chi connectivity index (χ1v) is 8.63. The molecule has 0 heterocycles. The van der Waals surface area contributed by atoms with E-state index in [2.05, 4.69) is 5.32 Å². The van der Waals surface area contributed by atoms with Crippen LogP contribution in [0.15, 0.2) is 29.2 Å². The van der Waals surface area contributed by atoms with Crippen molar-refractivity contribution in [1.82, 2.24) is 5.32 Å². The fourth-order valence-corrected chi connectivity index (χ4v) is 3.07. The molecule has 1 aliphatic rings. The Labute approximate surface area is 119 Å². The maximum atomic E-state index is 12.1. The van der Waals surface area contributed by atoms with Crippen LogP contribution in [-0.4, -0.2) is 32.7 Å². The Bertz CT molecular complexity index is 581. The second kappa shape index (κ2) is 5.93. The molecule has 0 aromatic heterocycles. The SMILES string of the molecule is CS(=O)(=O)c1ccc(C(=O)NC2CCCCC2N)cc1. The molecule has 1 fully saturated rings. The summed E-state index contributed by atoms with van der Waals surface area (Å²) in [6, 6.07) is 5.96. The summed E-state index contributed by atoms with van der Waals surface area (Å²) in [5, 5.41) is 2.93. The van der Waals surface area contributed by atoms with Gasteiger partial charge in [0.1, 0.15) is 0 Å². The molecule has 1 aromatic rings. The maximum absolute atomic E-state index is 12.1. The number of sulfone groups is 1. The Kier molecular flexibility index (Phi) is 4.45. The lowest BCUT2D eigenvalue weighted by Crippen LogP contribution is -2.49. The molecular formula is C14H20N2O3S. The van der Waals surface area contributed by atoms with Crippen molar-refractivity contribution < 1.29 is 13.2 Å². The van der Waals surface area contributed by atoms with Crippen molar-refractivity contribution in [2.24, 2.45) is 5.73 Å². The van der Waals surface area contributed by atoms with Crippen molar-refractivity contribution in [3.63, 3.8) is 0 Å². The smallest absolute Gasteiger partial charge is 0.251 e. The highest BCUT2D eigenvalue weighted by molar-refractivity contribution is 7.90. The van der Waals surface area contributed by atoms with Gasteiger partial charge in [0.25, 0.3) is 5.91 Å². The van der Waals surface area contributed by atoms with Gasteiger partial charge in [-0.1, -0.05) is 12.8 Å². The molecule has 0 aliphatic heterocycles. The summed E-state index contributed by atoms with van der Waals surface area (Å²) < 4.78 is 22.7. The van der Waals surface area contributed by atoms with Crippen LogP contribution in [0.25, 0.3) is 0 Å². The highest BCUT2D eigenvalue weighted by Crippen LogP contribution is 2.17. The van der Waals surface area contributed by atoms with E-state index in [1.165, 1.54) is 24.3 Å². The van der Waals surface area contributed by atoms with Crippen LogP contribution in [0, 0.1) is 0 Å². The van der Waals surface area contributed by atoms with Gasteiger partial charge in [0, 0.05) is 23.9 Å². The van der Waals surface area contributed by atoms with Crippen molar-refractivity contribution in [1.29, 1.82) is 0 Å². The van der Waals surface area contributed by atoms with Crippen LogP contribution in [0.3, 0.4) is 0 Å². The van der Waals surface area contributed by atoms with Crippen molar-refractivity contribution in [3.8, 4) is 0 Å². The minimum atomic E-state index is -3.23. The van der Waals surface area contributed by atoms with Gasteiger partial charge in [-0.25, -0.2) is 8.42 Å². The van der Waals surface area contributed by atoms with E-state index in [0.29, 0.717) is 5.56 Å². The zero-order valence-corrected chi connectivity index (χ0v) is 12.3. The summed E-state index contributed by atoms with van der Waals surface area (Å²) in [7, 11) is -3.23. The van der Waals surface area contributed by atoms with Gasteiger partial charge in [-0.3, -0.25) is 4.79 Å². The second-order valence-electron chi connectivity index (χ2n) is 5.32. The largest absolute Gasteiger partial charge is 0.348 e. The van der Waals surface area contributed by atoms with Crippen LogP contribution in [0.5, 0.6) is 0 Å². The molecule has 0 saturated heterocycles. The molecule has 1 amide bonds. The van der Waals surface area contributed by atoms with Crippen molar-refractivity contribution in [2.45, 2.75) is 42.7 Å². The summed E-state index contributed by atoms with van der Waals surface area (Å²) in [6.45, 7) is 0. The topological polar surface area (TPSA) is 89.3 Å². The van der Waals surface area contributed by atoms with E-state index in [1.807, 2.05) is 0 Å². The van der Waals surface area contributed by atoms with Crippen LogP contribution in [0.2, 0.25) is 0 Å². The van der Waals surface area contributed by atoms with E-state index in [9.17, 15) is 13.2 Å². The van der Waals surface area contributed by atoms with Crippen LogP contribution < -0.4 is 11.1 Å². The predicted octanol–water partition coefficient (Wildman–Crippen LogP) is 1.09. The fourth-order valence-electron chi connectivity index (χ4n) is 2.44. The molecule has 0 radical (unpaired) electrons. The first kappa shape index (κ1) is 15.0. The molecule has 1 saturated carbocycles. The lowest BCUT2D eigenvalue weighted by Gasteiger charge is -2.29. The highest BCUT2D eigenvalue weighted by atomic mass is 32.2. The van der Waals surface area contributed by atoms with Crippen molar-refractivity contribution in [3.05, 3.63) is 29.8 Å². The lowest BCUT2D eigenvalue weighted by atomic mass is 9.91. The van der Waals surface area contributed by atoms with Gasteiger partial charge in [0.05, 0.1) is 4.90 Å². The van der Waals surface area contributed by atoms with Crippen LogP contribution >= 0.6 is 0 Å². The van der Waals surface area contributed by atoms with Crippen molar-refractivity contribution in [2.75, 3.05) is 6.26 Å². The molecule has 6 heteroatoms. The maximum Gasteiger partial charge on any atom is 0.251 e. The Balaban J connectivity index is 2.06. The van der Waals surface area contributed by atoms with E-state index >= 15 is 0 Å². The number of hydrogen-bond acceptors (Lipinski definition) is 4. The molecule has 20 heavy (non-hydrogen) atoms. The normalized spacial score (nSPS) is 23.3. The molecule has 2 unspecified atom stereocenters. The molecule has 0 bridgehead atoms. The lowest BCUT2D eigenvalue weighted by molar-refractivity contribution is 0.0921. The first-order valence-electron chi connectivity index (χ1n) is 6.74. The third-order valence-corrected chi connectivity index (χ3v) is 4.81. The average Bonchev–Trinajstić information content (AvgIpc) is 2.40. The number of nitrogens with two attached hydrogens (primary N) is 1. The van der Waals surface area contributed by atoms with E-state index in [0.717, 1.165) is 31.9 Å². The molecule has 110 valence electrons. The Morgan fingerprint density at radius 2 is 1.80 bits per heavy atom. The Morgan fingerprint density at radius 3 is 2.35 bits per heavy atom. The number of nitrogens with one attached hydrogen (secondary N) is 1. The summed E-state index contributed by atoms with van der Waals surface area (Å²) in [4.78, 5) is 12.3. The molecule has 5 nitrogen and oxygen atoms in total. The summed E-state index contributed by atoms with van der Waals surface area (Å²) in [6.07, 6.45) is 5.15. The van der Waals surface area contributed by atoms with E-state index < -0.39 is 9.84 Å². The number of benzene rings is 1. The van der Waals surface area contributed by atoms with Gasteiger partial charge in [0.2, 0.25) is 0 Å². The molecule has 3 N–H and O–H groups in total. The number of carbonyl (C=O) groups excluding carboxylic acids is 1. The summed E-state index contributed by atoms with van der Waals surface area (Å²) >= 11 is 0. The Hall–Kier alpha value is -1.40. The molecule has 2 atom stereocenters. The van der Waals surface area contributed by atoms with Gasteiger partial charge >= 0.3 is 0 Å². The highest BCUT2D eigenvalue weighted by Gasteiger charge is 2.23. The minimum absolute atomic E-state index is 0.00277. The standard InChI is InChI=1S/C14H20N2O3S/c1-20(18,19)11-8-6-10(7-9-11)14(17)16-13-5-3-2-4-12(13)15/h6-9,12-13H,2-5,15H2,1H3,(H,16,17). The van der Waals surface area contributed by atoms with Gasteiger partial charge in [0.15, 0.2) is 9.84 Å². The van der Waals surface area contributed by atoms with E-state index in [-0.39, 0.29) is 22.9 Å². The quantitative estimate of drug-likeness (QED) is 0.873. The molecule has 0 spiro atoms. The third-order valence-electron chi connectivity index (χ3n) is 3.68. The second-order valence-corrected chi connectivity index (χ2v) is 7.34. The average molecular weight is 296 g/mol. The Morgan fingerprint density at radius 1 is 1.20 bits per heavy atom. The van der Waals surface area contributed by atoms with Gasteiger partial charge in [-0.2, -0.15) is 0 Å². The predicted molar refractivity (Wildman–Crippen MR) is 77.2 cm³/mol. The van der Waals surface area contributed by atoms with E-state index in [4.69, 9.17) is 5.73 Å². The first-order chi connectivity index (χ1) is 9.38.